The predicted octanol–water partition coefficient (Wildman–Crippen LogP) is 2.00. The van der Waals surface area contributed by atoms with Crippen LogP contribution in [0.5, 0.6) is 0 Å². The first-order chi connectivity index (χ1) is 6.06. The first-order valence-electron chi connectivity index (χ1n) is 4.29. The normalized spacial score (nSPS) is 12.9. The molecule has 0 spiro atoms. The fourth-order valence-corrected chi connectivity index (χ4v) is 1.21. The third-order valence-electron chi connectivity index (χ3n) is 2.28. The topological polar surface area (TPSA) is 38.0 Å². The zero-order chi connectivity index (χ0) is 10.0. The predicted molar refractivity (Wildman–Crippen MR) is 53.0 cm³/mol. The maximum atomic E-state index is 13.3. The smallest absolute Gasteiger partial charge is 0.130 e. The second-order valence-electron chi connectivity index (χ2n) is 3.24. The SMILES string of the molecule is CN[C@H](C)c1cc(C)c(N)cc1F. The highest BCUT2D eigenvalue weighted by Gasteiger charge is 2.10. The van der Waals surface area contributed by atoms with E-state index in [0.717, 1.165) is 5.56 Å². The lowest BCUT2D eigenvalue weighted by Crippen LogP contribution is -2.14. The van der Waals surface area contributed by atoms with Crippen molar-refractivity contribution in [3.05, 3.63) is 29.1 Å². The summed E-state index contributed by atoms with van der Waals surface area (Å²) in [6.07, 6.45) is 0. The third-order valence-corrected chi connectivity index (χ3v) is 2.28. The van der Waals surface area contributed by atoms with Gasteiger partial charge in [0.05, 0.1) is 0 Å². The summed E-state index contributed by atoms with van der Waals surface area (Å²) < 4.78 is 13.3. The van der Waals surface area contributed by atoms with Crippen LogP contribution in [0, 0.1) is 12.7 Å². The molecule has 0 heterocycles. The number of benzene rings is 1. The van der Waals surface area contributed by atoms with Crippen LogP contribution < -0.4 is 11.1 Å². The van der Waals surface area contributed by atoms with Crippen LogP contribution in [-0.4, -0.2) is 7.05 Å². The van der Waals surface area contributed by atoms with Gasteiger partial charge in [0.1, 0.15) is 5.82 Å². The molecule has 3 N–H and O–H groups in total. The summed E-state index contributed by atoms with van der Waals surface area (Å²) in [6, 6.07) is 3.17. The minimum Gasteiger partial charge on any atom is -0.398 e. The molecule has 13 heavy (non-hydrogen) atoms. The molecule has 0 saturated heterocycles. The number of nitrogens with two attached hydrogens (primary N) is 1. The summed E-state index contributed by atoms with van der Waals surface area (Å²) in [5.74, 6) is -0.245. The number of hydrogen-bond donors (Lipinski definition) is 2. The van der Waals surface area contributed by atoms with Gasteiger partial charge >= 0.3 is 0 Å². The molecule has 0 aliphatic heterocycles. The molecule has 1 rings (SSSR count). The Morgan fingerprint density at radius 2 is 2.08 bits per heavy atom. The third kappa shape index (κ3) is 1.98. The first kappa shape index (κ1) is 9.99. The van der Waals surface area contributed by atoms with E-state index in [2.05, 4.69) is 5.32 Å². The van der Waals surface area contributed by atoms with E-state index in [1.807, 2.05) is 13.8 Å². The van der Waals surface area contributed by atoms with Crippen molar-refractivity contribution < 1.29 is 4.39 Å². The maximum absolute atomic E-state index is 13.3. The molecule has 1 atom stereocenters. The fraction of sp³-hybridized carbons (Fsp3) is 0.400. The zero-order valence-electron chi connectivity index (χ0n) is 8.19. The summed E-state index contributed by atoms with van der Waals surface area (Å²) >= 11 is 0. The van der Waals surface area contributed by atoms with Crippen molar-refractivity contribution in [1.29, 1.82) is 0 Å². The largest absolute Gasteiger partial charge is 0.398 e. The summed E-state index contributed by atoms with van der Waals surface area (Å²) in [4.78, 5) is 0. The van der Waals surface area contributed by atoms with Crippen LogP contribution in [0.25, 0.3) is 0 Å². The highest BCUT2D eigenvalue weighted by Crippen LogP contribution is 2.22. The van der Waals surface area contributed by atoms with Gasteiger partial charge in [-0.25, -0.2) is 4.39 Å². The highest BCUT2D eigenvalue weighted by molar-refractivity contribution is 5.48. The standard InChI is InChI=1S/C10H15FN2/c1-6-4-8(7(2)13-3)9(11)5-10(6)12/h4-5,7,13H,12H2,1-3H3/t7-/m1/s1. The van der Waals surface area contributed by atoms with E-state index in [1.165, 1.54) is 6.07 Å². The van der Waals surface area contributed by atoms with Crippen molar-refractivity contribution in [3.63, 3.8) is 0 Å². The van der Waals surface area contributed by atoms with E-state index in [-0.39, 0.29) is 11.9 Å². The van der Waals surface area contributed by atoms with Gasteiger partial charge in [-0.2, -0.15) is 0 Å². The number of nitrogens with one attached hydrogen (secondary N) is 1. The molecule has 0 bridgehead atoms. The minimum absolute atomic E-state index is 0.0132. The van der Waals surface area contributed by atoms with Gasteiger partial charge in [-0.15, -0.1) is 0 Å². The van der Waals surface area contributed by atoms with E-state index in [0.29, 0.717) is 11.3 Å². The van der Waals surface area contributed by atoms with Gasteiger partial charge in [0.25, 0.3) is 0 Å². The molecule has 0 radical (unpaired) electrons. The Morgan fingerprint density at radius 3 is 2.62 bits per heavy atom. The molecule has 0 saturated carbocycles. The van der Waals surface area contributed by atoms with Gasteiger partial charge in [-0.05, 0) is 38.6 Å². The van der Waals surface area contributed by atoms with Gasteiger partial charge in [0, 0.05) is 17.3 Å². The van der Waals surface area contributed by atoms with Gasteiger partial charge in [-0.1, -0.05) is 0 Å². The Kier molecular flexibility index (Phi) is 2.88. The van der Waals surface area contributed by atoms with Crippen molar-refractivity contribution in [2.45, 2.75) is 19.9 Å². The fourth-order valence-electron chi connectivity index (χ4n) is 1.21. The molecular formula is C10H15FN2. The van der Waals surface area contributed by atoms with Gasteiger partial charge in [-0.3, -0.25) is 0 Å². The molecule has 1 aromatic carbocycles. The molecule has 0 fully saturated rings. The van der Waals surface area contributed by atoms with Crippen LogP contribution >= 0.6 is 0 Å². The van der Waals surface area contributed by atoms with Crippen molar-refractivity contribution in [3.8, 4) is 0 Å². The van der Waals surface area contributed by atoms with Crippen LogP contribution in [0.2, 0.25) is 0 Å². The maximum Gasteiger partial charge on any atom is 0.130 e. The average Bonchev–Trinajstić information content (AvgIpc) is 2.10. The summed E-state index contributed by atoms with van der Waals surface area (Å²) in [7, 11) is 1.80. The van der Waals surface area contributed by atoms with E-state index in [4.69, 9.17) is 5.73 Å². The Balaban J connectivity index is 3.15. The van der Waals surface area contributed by atoms with Gasteiger partial charge in [0.2, 0.25) is 0 Å². The number of rotatable bonds is 2. The summed E-state index contributed by atoms with van der Waals surface area (Å²) in [5, 5.41) is 2.99. The summed E-state index contributed by atoms with van der Waals surface area (Å²) in [6.45, 7) is 3.79. The number of nitrogen functional groups attached to an aromatic ring is 1. The zero-order valence-corrected chi connectivity index (χ0v) is 8.19. The van der Waals surface area contributed by atoms with Crippen LogP contribution in [0.15, 0.2) is 12.1 Å². The second-order valence-corrected chi connectivity index (χ2v) is 3.24. The molecule has 0 aliphatic rings. The molecule has 0 unspecified atom stereocenters. The van der Waals surface area contributed by atoms with Crippen LogP contribution in [0.4, 0.5) is 10.1 Å². The number of halogens is 1. The monoisotopic (exact) mass is 182 g/mol. The average molecular weight is 182 g/mol. The molecular weight excluding hydrogens is 167 g/mol. The van der Waals surface area contributed by atoms with Crippen molar-refractivity contribution >= 4 is 5.69 Å². The molecule has 1 aromatic rings. The number of anilines is 1. The highest BCUT2D eigenvalue weighted by atomic mass is 19.1. The van der Waals surface area contributed by atoms with Crippen molar-refractivity contribution in [1.82, 2.24) is 5.32 Å². The van der Waals surface area contributed by atoms with Crippen LogP contribution in [0.3, 0.4) is 0 Å². The first-order valence-corrected chi connectivity index (χ1v) is 4.29. The van der Waals surface area contributed by atoms with E-state index >= 15 is 0 Å². The molecule has 0 amide bonds. The number of aryl methyl sites for hydroxylation is 1. The molecule has 0 aliphatic carbocycles. The Labute approximate surface area is 77.9 Å². The van der Waals surface area contributed by atoms with E-state index in [1.54, 1.807) is 13.1 Å². The quantitative estimate of drug-likeness (QED) is 0.686. The lowest BCUT2D eigenvalue weighted by molar-refractivity contribution is 0.562. The van der Waals surface area contributed by atoms with Gasteiger partial charge < -0.3 is 11.1 Å². The lowest BCUT2D eigenvalue weighted by Gasteiger charge is -2.13. The molecule has 3 heteroatoms. The lowest BCUT2D eigenvalue weighted by atomic mass is 10.0. The molecule has 2 nitrogen and oxygen atoms in total. The van der Waals surface area contributed by atoms with Crippen molar-refractivity contribution in [2.75, 3.05) is 12.8 Å². The summed E-state index contributed by atoms with van der Waals surface area (Å²) in [5.41, 5.74) is 7.65. The minimum atomic E-state index is -0.245. The van der Waals surface area contributed by atoms with Gasteiger partial charge in [0.15, 0.2) is 0 Å². The Morgan fingerprint density at radius 1 is 1.46 bits per heavy atom. The number of hydrogen-bond acceptors (Lipinski definition) is 2. The Hall–Kier alpha value is -1.09. The van der Waals surface area contributed by atoms with Crippen LogP contribution in [0.1, 0.15) is 24.1 Å². The van der Waals surface area contributed by atoms with E-state index < -0.39 is 0 Å². The Bertz CT molecular complexity index is 310. The molecule has 0 aromatic heterocycles. The molecule has 72 valence electrons. The van der Waals surface area contributed by atoms with Crippen molar-refractivity contribution in [2.24, 2.45) is 0 Å². The second kappa shape index (κ2) is 3.75. The van der Waals surface area contributed by atoms with Crippen LogP contribution in [-0.2, 0) is 0 Å². The van der Waals surface area contributed by atoms with E-state index in [9.17, 15) is 4.39 Å².